The number of rotatable bonds is 7. The average Bonchev–Trinajstić information content (AvgIpc) is 2.78. The van der Waals surface area contributed by atoms with Crippen molar-refractivity contribution in [3.8, 4) is 5.75 Å². The summed E-state index contributed by atoms with van der Waals surface area (Å²) in [6.07, 6.45) is 0.935. The van der Waals surface area contributed by atoms with Crippen molar-refractivity contribution in [1.29, 1.82) is 0 Å². The average molecular weight is 479 g/mol. The third kappa shape index (κ3) is 5.88. The highest BCUT2D eigenvalue weighted by molar-refractivity contribution is 7.89. The van der Waals surface area contributed by atoms with Crippen LogP contribution in [0.2, 0.25) is 0 Å². The maximum absolute atomic E-state index is 13.6. The first-order valence-corrected chi connectivity index (χ1v) is 12.0. The molecule has 1 aliphatic rings. The lowest BCUT2D eigenvalue weighted by atomic mass is 9.94. The summed E-state index contributed by atoms with van der Waals surface area (Å²) in [5.74, 6) is -1.73. The number of halogens is 1. The fraction of sp³-hybridized carbons (Fsp3) is 0.391. The first-order valence-electron chi connectivity index (χ1n) is 10.5. The molecule has 1 heterocycles. The van der Waals surface area contributed by atoms with Crippen molar-refractivity contribution in [3.05, 3.63) is 53.8 Å². The van der Waals surface area contributed by atoms with Crippen LogP contribution in [0.4, 0.5) is 10.1 Å². The summed E-state index contributed by atoms with van der Waals surface area (Å²) < 4.78 is 51.9. The quantitative estimate of drug-likeness (QED) is 0.613. The van der Waals surface area contributed by atoms with Crippen molar-refractivity contribution in [2.75, 3.05) is 32.1 Å². The van der Waals surface area contributed by atoms with Crippen LogP contribution in [-0.4, -0.2) is 51.4 Å². The van der Waals surface area contributed by atoms with Crippen molar-refractivity contribution in [2.24, 2.45) is 11.8 Å². The van der Waals surface area contributed by atoms with Gasteiger partial charge >= 0.3 is 5.97 Å². The molecule has 1 saturated heterocycles. The summed E-state index contributed by atoms with van der Waals surface area (Å²) in [4.78, 5) is 24.4. The van der Waals surface area contributed by atoms with E-state index in [1.165, 1.54) is 47.8 Å². The third-order valence-electron chi connectivity index (χ3n) is 5.33. The Hall–Kier alpha value is -2.98. The second kappa shape index (κ2) is 10.3. The normalized spacial score (nSPS) is 19.0. The standard InChI is InChI=1S/C23H27FN2O6S/c1-15-10-16(2)13-26(12-15)33(29,30)21-11-17(8-9-20(21)31-3)23(28)32-14-22(27)25-19-7-5-4-6-18(19)24/h4-9,11,15-16H,10,12-14H2,1-3H3,(H,25,27). The molecule has 0 bridgehead atoms. The molecule has 1 aliphatic heterocycles. The zero-order valence-corrected chi connectivity index (χ0v) is 19.5. The number of nitrogens with zero attached hydrogens (tertiary/aromatic N) is 1. The number of esters is 1. The van der Waals surface area contributed by atoms with Gasteiger partial charge in [0, 0.05) is 13.1 Å². The fourth-order valence-corrected chi connectivity index (χ4v) is 5.77. The minimum atomic E-state index is -3.92. The van der Waals surface area contributed by atoms with Crippen molar-refractivity contribution in [3.63, 3.8) is 0 Å². The molecule has 0 radical (unpaired) electrons. The van der Waals surface area contributed by atoms with Crippen LogP contribution in [0.3, 0.4) is 0 Å². The van der Waals surface area contributed by atoms with Crippen molar-refractivity contribution in [2.45, 2.75) is 25.2 Å². The molecule has 1 N–H and O–H groups in total. The Bertz CT molecular complexity index is 1130. The van der Waals surface area contributed by atoms with E-state index in [2.05, 4.69) is 5.32 Å². The Labute approximate surface area is 192 Å². The molecule has 2 atom stereocenters. The molecule has 8 nitrogen and oxygen atoms in total. The highest BCUT2D eigenvalue weighted by atomic mass is 32.2. The number of methoxy groups -OCH3 is 1. The summed E-state index contributed by atoms with van der Waals surface area (Å²) >= 11 is 0. The Morgan fingerprint density at radius 3 is 2.42 bits per heavy atom. The van der Waals surface area contributed by atoms with Crippen LogP contribution in [0.5, 0.6) is 5.75 Å². The van der Waals surface area contributed by atoms with E-state index in [9.17, 15) is 22.4 Å². The molecule has 1 amide bonds. The van der Waals surface area contributed by atoms with Gasteiger partial charge in [-0.15, -0.1) is 0 Å². The largest absolute Gasteiger partial charge is 0.495 e. The number of amides is 1. The number of hydrogen-bond donors (Lipinski definition) is 1. The number of sulfonamides is 1. The highest BCUT2D eigenvalue weighted by Gasteiger charge is 2.34. The molecule has 0 aliphatic carbocycles. The molecule has 178 valence electrons. The molecular weight excluding hydrogens is 451 g/mol. The van der Waals surface area contributed by atoms with Crippen molar-refractivity contribution >= 4 is 27.6 Å². The molecule has 10 heteroatoms. The van der Waals surface area contributed by atoms with E-state index in [-0.39, 0.29) is 33.7 Å². The van der Waals surface area contributed by atoms with Crippen LogP contribution in [0.1, 0.15) is 30.6 Å². The molecule has 2 aromatic rings. The molecule has 2 aromatic carbocycles. The Kier molecular flexibility index (Phi) is 7.70. The van der Waals surface area contributed by atoms with Crippen molar-refractivity contribution < 1.29 is 31.9 Å². The summed E-state index contributed by atoms with van der Waals surface area (Å²) in [5, 5.41) is 2.31. The predicted molar refractivity (Wildman–Crippen MR) is 120 cm³/mol. The first kappa shape index (κ1) is 24.7. The molecule has 0 aromatic heterocycles. The second-order valence-electron chi connectivity index (χ2n) is 8.24. The van der Waals surface area contributed by atoms with Gasteiger partial charge in [0.25, 0.3) is 5.91 Å². The van der Waals surface area contributed by atoms with Crippen molar-refractivity contribution in [1.82, 2.24) is 4.31 Å². The lowest BCUT2D eigenvalue weighted by molar-refractivity contribution is -0.119. The summed E-state index contributed by atoms with van der Waals surface area (Å²) in [5.41, 5.74) is -0.0902. The molecule has 3 rings (SSSR count). The number of hydrogen-bond acceptors (Lipinski definition) is 6. The van der Waals surface area contributed by atoms with Crippen LogP contribution in [0.25, 0.3) is 0 Å². The predicted octanol–water partition coefficient (Wildman–Crippen LogP) is 3.30. The Balaban J connectivity index is 1.75. The number of piperidine rings is 1. The summed E-state index contributed by atoms with van der Waals surface area (Å²) in [6, 6.07) is 9.51. The second-order valence-corrected chi connectivity index (χ2v) is 10.1. The summed E-state index contributed by atoms with van der Waals surface area (Å²) in [6.45, 7) is 4.08. The van der Waals surface area contributed by atoms with Gasteiger partial charge in [-0.25, -0.2) is 17.6 Å². The lowest BCUT2D eigenvalue weighted by Crippen LogP contribution is -2.42. The number of carbonyl (C=O) groups is 2. The van der Waals surface area contributed by atoms with Gasteiger partial charge in [-0.1, -0.05) is 26.0 Å². The molecule has 1 fully saturated rings. The molecule has 2 unspecified atom stereocenters. The van der Waals surface area contributed by atoms with E-state index in [0.717, 1.165) is 6.42 Å². The van der Waals surface area contributed by atoms with Crippen LogP contribution < -0.4 is 10.1 Å². The number of anilines is 1. The lowest BCUT2D eigenvalue weighted by Gasteiger charge is -2.34. The maximum atomic E-state index is 13.6. The topological polar surface area (TPSA) is 102 Å². The van der Waals surface area contributed by atoms with Crippen LogP contribution in [-0.2, 0) is 19.6 Å². The highest BCUT2D eigenvalue weighted by Crippen LogP contribution is 2.32. The van der Waals surface area contributed by atoms with E-state index in [1.54, 1.807) is 6.07 Å². The summed E-state index contributed by atoms with van der Waals surface area (Å²) in [7, 11) is -2.58. The Morgan fingerprint density at radius 2 is 1.79 bits per heavy atom. The number of benzene rings is 2. The maximum Gasteiger partial charge on any atom is 0.338 e. The van der Waals surface area contributed by atoms with Gasteiger partial charge in [-0.2, -0.15) is 4.31 Å². The SMILES string of the molecule is COc1ccc(C(=O)OCC(=O)Nc2ccccc2F)cc1S(=O)(=O)N1CC(C)CC(C)C1. The van der Waals surface area contributed by atoms with Gasteiger partial charge in [0.1, 0.15) is 16.5 Å². The number of ether oxygens (including phenoxy) is 2. The van der Waals surface area contributed by atoms with E-state index in [0.29, 0.717) is 13.1 Å². The zero-order valence-electron chi connectivity index (χ0n) is 18.7. The number of carbonyl (C=O) groups excluding carboxylic acids is 2. The molecule has 33 heavy (non-hydrogen) atoms. The van der Waals surface area contributed by atoms with Crippen LogP contribution in [0, 0.1) is 17.7 Å². The smallest absolute Gasteiger partial charge is 0.338 e. The molecule has 0 spiro atoms. The Morgan fingerprint density at radius 1 is 1.12 bits per heavy atom. The first-order chi connectivity index (χ1) is 15.6. The molecular formula is C23H27FN2O6S. The van der Waals surface area contributed by atoms with Gasteiger partial charge in [-0.05, 0) is 48.6 Å². The number of nitrogens with one attached hydrogen (secondary N) is 1. The molecule has 0 saturated carbocycles. The van der Waals surface area contributed by atoms with Gasteiger partial charge in [0.15, 0.2) is 6.61 Å². The fourth-order valence-electron chi connectivity index (χ4n) is 3.91. The van der Waals surface area contributed by atoms with Crippen LogP contribution in [0.15, 0.2) is 47.4 Å². The van der Waals surface area contributed by atoms with E-state index in [1.807, 2.05) is 13.8 Å². The van der Waals surface area contributed by atoms with Gasteiger partial charge in [-0.3, -0.25) is 4.79 Å². The van der Waals surface area contributed by atoms with Crippen LogP contribution >= 0.6 is 0 Å². The minimum Gasteiger partial charge on any atom is -0.495 e. The monoisotopic (exact) mass is 478 g/mol. The number of para-hydroxylation sites is 1. The van der Waals surface area contributed by atoms with E-state index < -0.39 is 34.3 Å². The van der Waals surface area contributed by atoms with E-state index in [4.69, 9.17) is 9.47 Å². The van der Waals surface area contributed by atoms with Gasteiger partial charge in [0.05, 0.1) is 18.4 Å². The van der Waals surface area contributed by atoms with E-state index >= 15 is 0 Å². The third-order valence-corrected chi connectivity index (χ3v) is 7.19. The van der Waals surface area contributed by atoms with Gasteiger partial charge < -0.3 is 14.8 Å². The van der Waals surface area contributed by atoms with Gasteiger partial charge in [0.2, 0.25) is 10.0 Å². The zero-order chi connectivity index (χ0) is 24.2. The minimum absolute atomic E-state index is 0.0404.